The van der Waals surface area contributed by atoms with E-state index in [0.717, 1.165) is 11.1 Å². The molecule has 0 spiro atoms. The molecule has 5 aromatic rings. The molecule has 0 atom stereocenters. The summed E-state index contributed by atoms with van der Waals surface area (Å²) in [5, 5.41) is 0.568. The number of pyridine rings is 1. The van der Waals surface area contributed by atoms with Crippen LogP contribution >= 0.6 is 0 Å². The maximum absolute atomic E-state index is 13.5. The molecule has 0 radical (unpaired) electrons. The molecule has 0 saturated heterocycles. The van der Waals surface area contributed by atoms with Gasteiger partial charge in [-0.1, -0.05) is 30.3 Å². The van der Waals surface area contributed by atoms with Crippen LogP contribution in [0.25, 0.3) is 28.4 Å². The maximum Gasteiger partial charge on any atom is 0.348 e. The Morgan fingerprint density at radius 3 is 2.49 bits per heavy atom. The van der Waals surface area contributed by atoms with E-state index in [1.165, 1.54) is 6.07 Å². The standard InChI is InChI=1S/C30H19NO6/c1-34-20-8-10-24-23(16-20)27(29(37-24)19-5-3-2-4-6-19)30(33)35-21-7-9-22-25(17-21)36-26(28(22)32)15-18-11-13-31-14-12-18/h2-17H,1H3/b26-15-. The van der Waals surface area contributed by atoms with Gasteiger partial charge in [-0.3, -0.25) is 9.78 Å². The normalized spacial score (nSPS) is 13.4. The topological polar surface area (TPSA) is 87.9 Å². The van der Waals surface area contributed by atoms with Crippen LogP contribution in [0.3, 0.4) is 0 Å². The summed E-state index contributed by atoms with van der Waals surface area (Å²) in [5.41, 5.74) is 2.71. The molecule has 0 saturated carbocycles. The fourth-order valence-corrected chi connectivity index (χ4v) is 4.20. The van der Waals surface area contributed by atoms with Gasteiger partial charge in [0.25, 0.3) is 0 Å². The van der Waals surface area contributed by atoms with Gasteiger partial charge in [-0.05, 0) is 54.1 Å². The van der Waals surface area contributed by atoms with Crippen LogP contribution in [-0.2, 0) is 0 Å². The number of furan rings is 1. The Hall–Kier alpha value is -5.17. The van der Waals surface area contributed by atoms with E-state index in [1.54, 1.807) is 68.0 Å². The summed E-state index contributed by atoms with van der Waals surface area (Å²) < 4.78 is 23.0. The number of ether oxygens (including phenoxy) is 3. The minimum atomic E-state index is -0.609. The average Bonchev–Trinajstić information content (AvgIpc) is 3.46. The molecule has 0 amide bonds. The summed E-state index contributed by atoms with van der Waals surface area (Å²) in [7, 11) is 1.56. The van der Waals surface area contributed by atoms with Crippen molar-refractivity contribution >= 4 is 28.8 Å². The van der Waals surface area contributed by atoms with Crippen LogP contribution in [0.4, 0.5) is 0 Å². The number of carbonyl (C=O) groups excluding carboxylic acids is 2. The summed E-state index contributed by atoms with van der Waals surface area (Å²) in [4.78, 5) is 30.3. The van der Waals surface area contributed by atoms with E-state index in [0.29, 0.717) is 33.8 Å². The lowest BCUT2D eigenvalue weighted by Gasteiger charge is -2.07. The number of benzene rings is 3. The van der Waals surface area contributed by atoms with E-state index in [1.807, 2.05) is 30.3 Å². The average molecular weight is 489 g/mol. The Kier molecular flexibility index (Phi) is 5.50. The van der Waals surface area contributed by atoms with Crippen molar-refractivity contribution in [2.75, 3.05) is 7.11 Å². The first-order chi connectivity index (χ1) is 18.1. The largest absolute Gasteiger partial charge is 0.497 e. The first kappa shape index (κ1) is 22.3. The van der Waals surface area contributed by atoms with Crippen LogP contribution in [0.1, 0.15) is 26.3 Å². The quantitative estimate of drug-likeness (QED) is 0.162. The number of rotatable bonds is 5. The highest BCUT2D eigenvalue weighted by molar-refractivity contribution is 6.15. The minimum absolute atomic E-state index is 0.184. The molecule has 0 bridgehead atoms. The molecule has 0 unspecified atom stereocenters. The van der Waals surface area contributed by atoms with Gasteiger partial charge in [0.1, 0.15) is 34.2 Å². The van der Waals surface area contributed by atoms with Crippen molar-refractivity contribution in [3.05, 3.63) is 114 Å². The van der Waals surface area contributed by atoms with Gasteiger partial charge < -0.3 is 18.6 Å². The zero-order valence-corrected chi connectivity index (χ0v) is 19.6. The molecule has 0 N–H and O–H groups in total. The van der Waals surface area contributed by atoms with Gasteiger partial charge in [-0.25, -0.2) is 4.79 Å². The van der Waals surface area contributed by atoms with E-state index in [2.05, 4.69) is 4.98 Å². The van der Waals surface area contributed by atoms with Gasteiger partial charge in [0.15, 0.2) is 5.76 Å². The molecule has 2 aromatic heterocycles. The molecule has 7 nitrogen and oxygen atoms in total. The number of carbonyl (C=O) groups is 2. The van der Waals surface area contributed by atoms with Crippen molar-refractivity contribution in [1.29, 1.82) is 0 Å². The molecular formula is C30H19NO6. The van der Waals surface area contributed by atoms with Crippen molar-refractivity contribution in [3.8, 4) is 28.6 Å². The Morgan fingerprint density at radius 1 is 0.919 bits per heavy atom. The second-order valence-corrected chi connectivity index (χ2v) is 8.30. The van der Waals surface area contributed by atoms with Gasteiger partial charge >= 0.3 is 5.97 Å². The number of nitrogens with zero attached hydrogens (tertiary/aromatic N) is 1. The molecular weight excluding hydrogens is 470 g/mol. The zero-order valence-electron chi connectivity index (χ0n) is 19.6. The van der Waals surface area contributed by atoms with Crippen molar-refractivity contribution in [2.24, 2.45) is 0 Å². The molecule has 1 aliphatic heterocycles. The molecule has 180 valence electrons. The van der Waals surface area contributed by atoms with E-state index in [9.17, 15) is 9.59 Å². The van der Waals surface area contributed by atoms with Gasteiger partial charge in [0, 0.05) is 29.4 Å². The van der Waals surface area contributed by atoms with Crippen LogP contribution in [0.15, 0.2) is 101 Å². The highest BCUT2D eigenvalue weighted by atomic mass is 16.5. The minimum Gasteiger partial charge on any atom is -0.497 e. The Balaban J connectivity index is 1.34. The van der Waals surface area contributed by atoms with Crippen LogP contribution < -0.4 is 14.2 Å². The maximum atomic E-state index is 13.5. The van der Waals surface area contributed by atoms with Crippen LogP contribution in [0, 0.1) is 0 Å². The summed E-state index contributed by atoms with van der Waals surface area (Å²) >= 11 is 0. The highest BCUT2D eigenvalue weighted by Crippen LogP contribution is 2.38. The van der Waals surface area contributed by atoms with E-state index in [-0.39, 0.29) is 22.9 Å². The van der Waals surface area contributed by atoms with E-state index >= 15 is 0 Å². The molecule has 6 rings (SSSR count). The number of aromatic nitrogens is 1. The number of Topliss-reactive ketones (excluding diaryl/α,β-unsaturated/α-hetero) is 1. The second kappa shape index (κ2) is 9.13. The number of ketones is 1. The van der Waals surface area contributed by atoms with Crippen molar-refractivity contribution in [2.45, 2.75) is 0 Å². The highest BCUT2D eigenvalue weighted by Gasteiger charge is 2.29. The number of fused-ring (bicyclic) bond motifs is 2. The van der Waals surface area contributed by atoms with Crippen molar-refractivity contribution in [3.63, 3.8) is 0 Å². The summed E-state index contributed by atoms with van der Waals surface area (Å²) in [6, 6.07) is 22.8. The Bertz CT molecular complexity index is 1690. The lowest BCUT2D eigenvalue weighted by molar-refractivity contribution is 0.0736. The number of esters is 1. The van der Waals surface area contributed by atoms with Crippen LogP contribution in [0.2, 0.25) is 0 Å². The smallest absolute Gasteiger partial charge is 0.348 e. The van der Waals surface area contributed by atoms with Gasteiger partial charge in [-0.2, -0.15) is 0 Å². The van der Waals surface area contributed by atoms with Gasteiger partial charge in [0.05, 0.1) is 12.7 Å². The van der Waals surface area contributed by atoms with E-state index in [4.69, 9.17) is 18.6 Å². The summed E-state index contributed by atoms with van der Waals surface area (Å²) in [6.45, 7) is 0. The predicted octanol–water partition coefficient (Wildman–Crippen LogP) is 6.34. The zero-order chi connectivity index (χ0) is 25.4. The first-order valence-electron chi connectivity index (χ1n) is 11.5. The first-order valence-corrected chi connectivity index (χ1v) is 11.5. The molecule has 37 heavy (non-hydrogen) atoms. The van der Waals surface area contributed by atoms with Crippen molar-refractivity contribution in [1.82, 2.24) is 4.98 Å². The van der Waals surface area contributed by atoms with E-state index < -0.39 is 5.97 Å². The molecule has 3 aromatic carbocycles. The third kappa shape index (κ3) is 4.12. The number of methoxy groups -OCH3 is 1. The van der Waals surface area contributed by atoms with Crippen LogP contribution in [0.5, 0.6) is 17.2 Å². The molecule has 1 aliphatic rings. The number of hydrogen-bond acceptors (Lipinski definition) is 7. The predicted molar refractivity (Wildman–Crippen MR) is 137 cm³/mol. The molecule has 0 fully saturated rings. The lowest BCUT2D eigenvalue weighted by Crippen LogP contribution is -2.09. The lowest BCUT2D eigenvalue weighted by atomic mass is 10.1. The van der Waals surface area contributed by atoms with Gasteiger partial charge in [0.2, 0.25) is 5.78 Å². The number of allylic oxidation sites excluding steroid dienone is 1. The van der Waals surface area contributed by atoms with Gasteiger partial charge in [-0.15, -0.1) is 0 Å². The fourth-order valence-electron chi connectivity index (χ4n) is 4.20. The second-order valence-electron chi connectivity index (χ2n) is 8.30. The summed E-state index contributed by atoms with van der Waals surface area (Å²) in [6.07, 6.45) is 4.91. The fraction of sp³-hybridized carbons (Fsp3) is 0.0333. The SMILES string of the molecule is COc1ccc2oc(-c3ccccc3)c(C(=O)Oc3ccc4c(c3)O/C(=C\c3ccncc3)C4=O)c2c1. The molecule has 7 heteroatoms. The monoisotopic (exact) mass is 489 g/mol. The Labute approximate surface area is 211 Å². The number of hydrogen-bond donors (Lipinski definition) is 0. The van der Waals surface area contributed by atoms with Crippen molar-refractivity contribution < 1.29 is 28.2 Å². The third-order valence-electron chi connectivity index (χ3n) is 5.99. The molecule has 3 heterocycles. The Morgan fingerprint density at radius 2 is 1.70 bits per heavy atom. The molecule has 0 aliphatic carbocycles. The summed E-state index contributed by atoms with van der Waals surface area (Å²) in [5.74, 6) is 0.857. The third-order valence-corrected chi connectivity index (χ3v) is 5.99. The van der Waals surface area contributed by atoms with Crippen LogP contribution in [-0.4, -0.2) is 23.8 Å².